The van der Waals surface area contributed by atoms with E-state index >= 15 is 0 Å². The van der Waals surface area contributed by atoms with Gasteiger partial charge in [-0.05, 0) is 31.5 Å². The van der Waals surface area contributed by atoms with E-state index in [4.69, 9.17) is 0 Å². The van der Waals surface area contributed by atoms with Gasteiger partial charge in [0.05, 0.1) is 11.6 Å². The molecule has 2 heterocycles. The molecular formula is C23H22N4OS. The van der Waals surface area contributed by atoms with Crippen LogP contribution in [0.4, 0.5) is 11.8 Å². The highest BCUT2D eigenvalue weighted by molar-refractivity contribution is 7.17. The molecule has 0 spiro atoms. The number of carbonyl (C=O) groups excluding carboxylic acids is 1. The number of amides is 1. The van der Waals surface area contributed by atoms with Gasteiger partial charge in [-0.1, -0.05) is 48.5 Å². The molecule has 29 heavy (non-hydrogen) atoms. The van der Waals surface area contributed by atoms with Crippen molar-refractivity contribution < 1.29 is 4.79 Å². The number of anilines is 2. The molecule has 0 radical (unpaired) electrons. The molecule has 0 aliphatic rings. The molecule has 1 N–H and O–H groups in total. The van der Waals surface area contributed by atoms with E-state index in [1.165, 1.54) is 0 Å². The summed E-state index contributed by atoms with van der Waals surface area (Å²) in [4.78, 5) is 23.9. The number of hydrogen-bond acceptors (Lipinski definition) is 5. The molecule has 0 saturated heterocycles. The number of rotatable bonds is 6. The van der Waals surface area contributed by atoms with Crippen LogP contribution < -0.4 is 10.2 Å². The molecule has 0 unspecified atom stereocenters. The summed E-state index contributed by atoms with van der Waals surface area (Å²) < 4.78 is 1.11. The number of nitrogens with one attached hydrogen (secondary N) is 1. The first kappa shape index (κ1) is 19.1. The van der Waals surface area contributed by atoms with Crippen LogP contribution in [0.5, 0.6) is 0 Å². The highest BCUT2D eigenvalue weighted by Gasteiger charge is 2.21. The minimum atomic E-state index is -0.0503. The molecule has 146 valence electrons. The third-order valence-corrected chi connectivity index (χ3v) is 5.80. The summed E-state index contributed by atoms with van der Waals surface area (Å²) in [6.45, 7) is 4.54. The van der Waals surface area contributed by atoms with Crippen molar-refractivity contribution in [1.29, 1.82) is 0 Å². The Labute approximate surface area is 174 Å². The quantitative estimate of drug-likeness (QED) is 0.461. The van der Waals surface area contributed by atoms with Gasteiger partial charge in [0, 0.05) is 28.2 Å². The van der Waals surface area contributed by atoms with Gasteiger partial charge in [0.25, 0.3) is 5.91 Å². The van der Waals surface area contributed by atoms with Gasteiger partial charge >= 0.3 is 0 Å². The fourth-order valence-corrected chi connectivity index (χ4v) is 4.22. The Morgan fingerprint density at radius 3 is 2.66 bits per heavy atom. The summed E-state index contributed by atoms with van der Waals surface area (Å²) in [5, 5.41) is 6.22. The fourth-order valence-electron chi connectivity index (χ4n) is 3.29. The van der Waals surface area contributed by atoms with Gasteiger partial charge in [0.1, 0.15) is 5.82 Å². The Hall–Kier alpha value is -3.25. The summed E-state index contributed by atoms with van der Waals surface area (Å²) in [5.41, 5.74) is 1.85. The molecule has 5 nitrogen and oxygen atoms in total. The first-order valence-corrected chi connectivity index (χ1v) is 10.5. The van der Waals surface area contributed by atoms with Gasteiger partial charge in [-0.3, -0.25) is 9.69 Å². The van der Waals surface area contributed by atoms with E-state index in [1.807, 2.05) is 54.8 Å². The fraction of sp³-hybridized carbons (Fsp3) is 0.174. The van der Waals surface area contributed by atoms with Crippen molar-refractivity contribution >= 4 is 39.1 Å². The molecule has 0 bridgehead atoms. The number of aromatic nitrogens is 2. The van der Waals surface area contributed by atoms with Crippen LogP contribution in [-0.4, -0.2) is 22.4 Å². The second-order valence-electron chi connectivity index (χ2n) is 6.71. The Kier molecular flexibility index (Phi) is 5.53. The maximum absolute atomic E-state index is 13.3. The molecule has 2 aromatic carbocycles. The maximum Gasteiger partial charge on any atom is 0.260 e. The topological polar surface area (TPSA) is 58.1 Å². The highest BCUT2D eigenvalue weighted by Crippen LogP contribution is 2.28. The minimum absolute atomic E-state index is 0.0503. The largest absolute Gasteiger partial charge is 0.348 e. The average molecular weight is 403 g/mol. The number of benzene rings is 2. The second-order valence-corrected chi connectivity index (χ2v) is 7.62. The molecule has 4 aromatic rings. The molecule has 0 aliphatic carbocycles. The van der Waals surface area contributed by atoms with Gasteiger partial charge in [0.15, 0.2) is 0 Å². The van der Waals surface area contributed by atoms with Gasteiger partial charge in [-0.15, -0.1) is 11.3 Å². The number of fused-ring (bicyclic) bond motifs is 1. The molecule has 0 aliphatic heterocycles. The van der Waals surface area contributed by atoms with Crippen LogP contribution in [0.25, 0.3) is 10.1 Å². The van der Waals surface area contributed by atoms with Crippen LogP contribution in [0.3, 0.4) is 0 Å². The summed E-state index contributed by atoms with van der Waals surface area (Å²) in [7, 11) is 0. The van der Waals surface area contributed by atoms with Crippen molar-refractivity contribution in [3.63, 3.8) is 0 Å². The molecule has 4 rings (SSSR count). The van der Waals surface area contributed by atoms with Gasteiger partial charge < -0.3 is 5.32 Å². The van der Waals surface area contributed by atoms with Crippen molar-refractivity contribution in [3.05, 3.63) is 83.4 Å². The van der Waals surface area contributed by atoms with Crippen molar-refractivity contribution in [2.24, 2.45) is 0 Å². The van der Waals surface area contributed by atoms with Crippen molar-refractivity contribution in [2.75, 3.05) is 16.8 Å². The van der Waals surface area contributed by atoms with Crippen LogP contribution in [0.1, 0.15) is 35.8 Å². The lowest BCUT2D eigenvalue weighted by Crippen LogP contribution is -2.31. The smallest absolute Gasteiger partial charge is 0.260 e. The lowest BCUT2D eigenvalue weighted by molar-refractivity contribution is 0.0989. The van der Waals surface area contributed by atoms with Crippen molar-refractivity contribution in [3.8, 4) is 0 Å². The predicted octanol–water partition coefficient (Wildman–Crippen LogP) is 5.53. The number of carbonyl (C=O) groups is 1. The van der Waals surface area contributed by atoms with Gasteiger partial charge in [0.2, 0.25) is 5.95 Å². The average Bonchev–Trinajstić information content (AvgIpc) is 3.19. The van der Waals surface area contributed by atoms with Crippen LogP contribution >= 0.6 is 11.3 Å². The van der Waals surface area contributed by atoms with Crippen molar-refractivity contribution in [2.45, 2.75) is 19.9 Å². The lowest BCUT2D eigenvalue weighted by Gasteiger charge is -2.21. The minimum Gasteiger partial charge on any atom is -0.348 e. The summed E-state index contributed by atoms with van der Waals surface area (Å²) >= 11 is 1.58. The third kappa shape index (κ3) is 3.98. The SMILES string of the molecule is CCN(C(=O)c1csc2ccccc12)c1ccnc(N[C@@H](C)c2ccccc2)n1. The van der Waals surface area contributed by atoms with Crippen LogP contribution in [0.15, 0.2) is 72.2 Å². The molecule has 0 fully saturated rings. The summed E-state index contributed by atoms with van der Waals surface area (Å²) in [6, 6.07) is 19.9. The molecule has 0 saturated carbocycles. The maximum atomic E-state index is 13.3. The van der Waals surface area contributed by atoms with E-state index in [1.54, 1.807) is 28.5 Å². The van der Waals surface area contributed by atoms with Crippen LogP contribution in [-0.2, 0) is 0 Å². The molecular weight excluding hydrogens is 380 g/mol. The number of thiophene rings is 1. The Morgan fingerprint density at radius 1 is 1.10 bits per heavy atom. The Morgan fingerprint density at radius 2 is 1.86 bits per heavy atom. The number of nitrogens with zero attached hydrogens (tertiary/aromatic N) is 3. The molecule has 1 atom stereocenters. The van der Waals surface area contributed by atoms with E-state index in [-0.39, 0.29) is 11.9 Å². The summed E-state index contributed by atoms with van der Waals surface area (Å²) in [6.07, 6.45) is 1.68. The monoisotopic (exact) mass is 402 g/mol. The van der Waals surface area contributed by atoms with Gasteiger partial charge in [-0.25, -0.2) is 4.98 Å². The Balaban J connectivity index is 1.59. The normalized spacial score (nSPS) is 11.9. The van der Waals surface area contributed by atoms with Gasteiger partial charge in [-0.2, -0.15) is 4.98 Å². The zero-order valence-corrected chi connectivity index (χ0v) is 17.2. The van der Waals surface area contributed by atoms with E-state index in [9.17, 15) is 4.79 Å². The molecule has 2 aromatic heterocycles. The van der Waals surface area contributed by atoms with Crippen molar-refractivity contribution in [1.82, 2.24) is 9.97 Å². The highest BCUT2D eigenvalue weighted by atomic mass is 32.1. The third-order valence-electron chi connectivity index (χ3n) is 4.84. The standard InChI is InChI=1S/C23H22N4OS/c1-3-27(22(28)19-15-29-20-12-8-7-11-18(19)20)21-13-14-24-23(26-21)25-16(2)17-9-5-4-6-10-17/h4-16H,3H2,1-2H3,(H,24,25,26)/t16-/m0/s1. The second kappa shape index (κ2) is 8.41. The summed E-state index contributed by atoms with van der Waals surface area (Å²) in [5.74, 6) is 1.04. The zero-order chi connectivity index (χ0) is 20.2. The Bertz CT molecular complexity index is 1130. The lowest BCUT2D eigenvalue weighted by atomic mass is 10.1. The van der Waals surface area contributed by atoms with Crippen LogP contribution in [0.2, 0.25) is 0 Å². The van der Waals surface area contributed by atoms with Crippen LogP contribution in [0, 0.1) is 0 Å². The zero-order valence-electron chi connectivity index (χ0n) is 16.4. The first-order chi connectivity index (χ1) is 14.2. The molecule has 1 amide bonds. The predicted molar refractivity (Wildman–Crippen MR) is 120 cm³/mol. The van der Waals surface area contributed by atoms with E-state index in [0.717, 1.165) is 15.6 Å². The first-order valence-electron chi connectivity index (χ1n) is 9.60. The molecule has 6 heteroatoms. The van der Waals surface area contributed by atoms with E-state index < -0.39 is 0 Å². The van der Waals surface area contributed by atoms with E-state index in [0.29, 0.717) is 23.9 Å². The number of hydrogen-bond donors (Lipinski definition) is 1. The van der Waals surface area contributed by atoms with E-state index in [2.05, 4.69) is 34.3 Å².